The van der Waals surface area contributed by atoms with Crippen LogP contribution in [-0.2, 0) is 30.2 Å². The zero-order valence-corrected chi connectivity index (χ0v) is 20.7. The van der Waals surface area contributed by atoms with E-state index in [9.17, 15) is 34.5 Å². The highest BCUT2D eigenvalue weighted by Gasteiger charge is 2.48. The maximum atomic E-state index is 12.4. The SMILES string of the molecule is COC(=O)NCCCCNC(=O)Cc1cc(=O)oc2cc(OC3OC(C(=O)OC)C(O)C(O)C3O)ccc12. The van der Waals surface area contributed by atoms with Crippen molar-refractivity contribution >= 4 is 28.9 Å². The first-order valence-electron chi connectivity index (χ1n) is 11.7. The first-order chi connectivity index (χ1) is 18.1. The number of alkyl carbamates (subject to hydrolysis) is 1. The zero-order chi connectivity index (χ0) is 27.8. The number of carbonyl (C=O) groups is 3. The van der Waals surface area contributed by atoms with Crippen LogP contribution in [0.25, 0.3) is 11.0 Å². The van der Waals surface area contributed by atoms with Gasteiger partial charge in [0, 0.05) is 30.6 Å². The number of nitrogens with one attached hydrogen (secondary N) is 2. The third-order valence-corrected chi connectivity index (χ3v) is 5.79. The Kier molecular flexibility index (Phi) is 10.0. The highest BCUT2D eigenvalue weighted by Crippen LogP contribution is 2.28. The molecule has 1 aliphatic heterocycles. The highest BCUT2D eigenvalue weighted by molar-refractivity contribution is 5.87. The van der Waals surface area contributed by atoms with Crippen LogP contribution in [0.1, 0.15) is 18.4 Å². The second kappa shape index (κ2) is 13.2. The third kappa shape index (κ3) is 7.19. The molecule has 3 rings (SSSR count). The van der Waals surface area contributed by atoms with E-state index in [0.29, 0.717) is 36.9 Å². The van der Waals surface area contributed by atoms with Gasteiger partial charge in [0.1, 0.15) is 29.6 Å². The summed E-state index contributed by atoms with van der Waals surface area (Å²) < 4.78 is 25.1. The molecule has 2 heterocycles. The van der Waals surface area contributed by atoms with Crippen molar-refractivity contribution in [1.29, 1.82) is 0 Å². The molecule has 0 aliphatic carbocycles. The summed E-state index contributed by atoms with van der Waals surface area (Å²) in [7, 11) is 2.34. The molecular weight excluding hydrogens is 508 g/mol. The summed E-state index contributed by atoms with van der Waals surface area (Å²) >= 11 is 0. The van der Waals surface area contributed by atoms with Crippen molar-refractivity contribution < 1.29 is 53.1 Å². The molecule has 1 fully saturated rings. The van der Waals surface area contributed by atoms with Crippen LogP contribution in [0.4, 0.5) is 4.79 Å². The average Bonchev–Trinajstić information content (AvgIpc) is 2.89. The Labute approximate surface area is 216 Å². The van der Waals surface area contributed by atoms with E-state index in [0.717, 1.165) is 7.11 Å². The van der Waals surface area contributed by atoms with E-state index >= 15 is 0 Å². The van der Waals surface area contributed by atoms with Gasteiger partial charge in [0.05, 0.1) is 20.6 Å². The molecule has 14 heteroatoms. The largest absolute Gasteiger partial charge is 0.467 e. The Balaban J connectivity index is 1.65. The Morgan fingerprint density at radius 1 is 0.947 bits per heavy atom. The lowest BCUT2D eigenvalue weighted by Gasteiger charge is -2.38. The molecule has 0 radical (unpaired) electrons. The molecule has 2 aromatic rings. The molecule has 14 nitrogen and oxygen atoms in total. The van der Waals surface area contributed by atoms with Gasteiger partial charge in [0.2, 0.25) is 12.2 Å². The topological polar surface area (TPSA) is 203 Å². The minimum atomic E-state index is -1.76. The van der Waals surface area contributed by atoms with Crippen LogP contribution < -0.4 is 21.0 Å². The lowest BCUT2D eigenvalue weighted by molar-refractivity contribution is -0.271. The summed E-state index contributed by atoms with van der Waals surface area (Å²) in [5, 5.41) is 36.1. The summed E-state index contributed by atoms with van der Waals surface area (Å²) in [6.45, 7) is 0.777. The summed E-state index contributed by atoms with van der Waals surface area (Å²) in [4.78, 5) is 47.4. The molecule has 1 aromatic carbocycles. The van der Waals surface area contributed by atoms with Crippen LogP contribution in [-0.4, -0.2) is 91.3 Å². The number of unbranched alkanes of at least 4 members (excludes halogenated alkanes) is 1. The number of rotatable bonds is 10. The number of benzene rings is 1. The van der Waals surface area contributed by atoms with E-state index < -0.39 is 48.4 Å². The van der Waals surface area contributed by atoms with Gasteiger partial charge in [-0.1, -0.05) is 0 Å². The molecule has 2 amide bonds. The van der Waals surface area contributed by atoms with E-state index in [2.05, 4.69) is 20.1 Å². The van der Waals surface area contributed by atoms with Crippen molar-refractivity contribution in [3.05, 3.63) is 40.2 Å². The Morgan fingerprint density at radius 3 is 2.34 bits per heavy atom. The molecule has 1 aromatic heterocycles. The molecule has 5 unspecified atom stereocenters. The van der Waals surface area contributed by atoms with Gasteiger partial charge >= 0.3 is 17.7 Å². The van der Waals surface area contributed by atoms with E-state index in [4.69, 9.17) is 13.9 Å². The van der Waals surface area contributed by atoms with Gasteiger partial charge in [-0.15, -0.1) is 0 Å². The number of hydrogen-bond acceptors (Lipinski definition) is 12. The molecule has 5 atom stereocenters. The monoisotopic (exact) mass is 538 g/mol. The van der Waals surface area contributed by atoms with E-state index in [1.807, 2.05) is 0 Å². The molecule has 5 N–H and O–H groups in total. The maximum absolute atomic E-state index is 12.4. The van der Waals surface area contributed by atoms with Gasteiger partial charge in [-0.3, -0.25) is 4.79 Å². The van der Waals surface area contributed by atoms with Gasteiger partial charge in [-0.2, -0.15) is 0 Å². The number of ether oxygens (including phenoxy) is 4. The Bertz CT molecular complexity index is 1200. The molecule has 0 spiro atoms. The number of aliphatic hydroxyl groups is 3. The predicted octanol–water partition coefficient (Wildman–Crippen LogP) is -1.05. The standard InChI is InChI=1S/C24H30N2O12/c1-34-22(32)21-19(30)18(29)20(31)23(38-21)36-13-5-6-14-12(10-17(28)37-15(14)11-13)9-16(27)25-7-3-4-8-26-24(33)35-2/h5-6,10-11,18-21,23,29-31H,3-4,7-9H2,1-2H3,(H,25,27)(H,26,33). The normalized spacial score (nSPS) is 22.9. The summed E-state index contributed by atoms with van der Waals surface area (Å²) in [6, 6.07) is 5.52. The van der Waals surface area contributed by atoms with E-state index in [1.165, 1.54) is 31.4 Å². The average molecular weight is 539 g/mol. The lowest BCUT2D eigenvalue weighted by atomic mass is 9.99. The van der Waals surface area contributed by atoms with Crippen LogP contribution in [0.3, 0.4) is 0 Å². The molecule has 1 saturated heterocycles. The number of amides is 2. The fraction of sp³-hybridized carbons (Fsp3) is 0.500. The summed E-state index contributed by atoms with van der Waals surface area (Å²) in [5.74, 6) is -1.24. The van der Waals surface area contributed by atoms with Gasteiger partial charge in [-0.25, -0.2) is 14.4 Å². The number of methoxy groups -OCH3 is 2. The zero-order valence-electron chi connectivity index (χ0n) is 20.7. The van der Waals surface area contributed by atoms with E-state index in [1.54, 1.807) is 0 Å². The Morgan fingerprint density at radius 2 is 1.66 bits per heavy atom. The van der Waals surface area contributed by atoms with Crippen LogP contribution in [0, 0.1) is 0 Å². The van der Waals surface area contributed by atoms with Crippen molar-refractivity contribution in [2.45, 2.75) is 50.0 Å². The first kappa shape index (κ1) is 28.8. The molecule has 38 heavy (non-hydrogen) atoms. The predicted molar refractivity (Wildman–Crippen MR) is 128 cm³/mol. The fourth-order valence-corrected chi connectivity index (χ4v) is 3.80. The Hall–Kier alpha value is -3.72. The van der Waals surface area contributed by atoms with Gasteiger partial charge in [0.15, 0.2) is 6.10 Å². The molecule has 0 saturated carbocycles. The van der Waals surface area contributed by atoms with Gasteiger partial charge in [-0.05, 0) is 30.5 Å². The number of esters is 1. The van der Waals surface area contributed by atoms with Crippen molar-refractivity contribution in [1.82, 2.24) is 10.6 Å². The minimum absolute atomic E-state index is 0.0547. The van der Waals surface area contributed by atoms with Crippen molar-refractivity contribution in [3.8, 4) is 5.75 Å². The van der Waals surface area contributed by atoms with Crippen LogP contribution in [0.15, 0.2) is 33.5 Å². The smallest absolute Gasteiger partial charge is 0.406 e. The fourth-order valence-electron chi connectivity index (χ4n) is 3.80. The number of hydrogen-bond donors (Lipinski definition) is 5. The van der Waals surface area contributed by atoms with Crippen LogP contribution in [0.5, 0.6) is 5.75 Å². The third-order valence-electron chi connectivity index (χ3n) is 5.79. The molecule has 1 aliphatic rings. The number of carbonyl (C=O) groups excluding carboxylic acids is 3. The van der Waals surface area contributed by atoms with E-state index in [-0.39, 0.29) is 23.7 Å². The lowest BCUT2D eigenvalue weighted by Crippen LogP contribution is -2.61. The minimum Gasteiger partial charge on any atom is -0.467 e. The number of aliphatic hydroxyl groups excluding tert-OH is 3. The quantitative estimate of drug-likeness (QED) is 0.140. The van der Waals surface area contributed by atoms with Crippen molar-refractivity contribution in [3.63, 3.8) is 0 Å². The first-order valence-corrected chi connectivity index (χ1v) is 11.7. The highest BCUT2D eigenvalue weighted by atomic mass is 16.7. The van der Waals surface area contributed by atoms with Crippen LogP contribution >= 0.6 is 0 Å². The summed E-state index contributed by atoms with van der Waals surface area (Å²) in [5.41, 5.74) is -0.211. The van der Waals surface area contributed by atoms with Gasteiger partial charge in [0.25, 0.3) is 0 Å². The molecular formula is C24H30N2O12. The van der Waals surface area contributed by atoms with Crippen molar-refractivity contribution in [2.75, 3.05) is 27.3 Å². The molecule has 208 valence electrons. The van der Waals surface area contributed by atoms with Gasteiger partial charge < -0.3 is 49.3 Å². The second-order valence-corrected chi connectivity index (χ2v) is 8.44. The van der Waals surface area contributed by atoms with Crippen LogP contribution in [0.2, 0.25) is 0 Å². The summed E-state index contributed by atoms with van der Waals surface area (Å²) in [6.07, 6.45) is -7.74. The van der Waals surface area contributed by atoms with Crippen molar-refractivity contribution in [2.24, 2.45) is 0 Å². The maximum Gasteiger partial charge on any atom is 0.406 e. The molecule has 0 bridgehead atoms. The number of fused-ring (bicyclic) bond motifs is 1. The second-order valence-electron chi connectivity index (χ2n) is 8.44.